The van der Waals surface area contributed by atoms with E-state index in [1.807, 2.05) is 0 Å². The molecule has 1 aliphatic rings. The zero-order valence-electron chi connectivity index (χ0n) is 14.1. The molecule has 0 amide bonds. The molecule has 0 aromatic carbocycles. The fraction of sp³-hybridized carbons (Fsp3) is 1.00. The molecular formula is C17H28F6. The van der Waals surface area contributed by atoms with Gasteiger partial charge in [-0.25, -0.2) is 0 Å². The monoisotopic (exact) mass is 346 g/mol. The maximum atomic E-state index is 13.4. The minimum atomic E-state index is -4.58. The number of rotatable bonds is 6. The molecule has 1 saturated carbocycles. The van der Waals surface area contributed by atoms with Gasteiger partial charge in [-0.1, -0.05) is 52.9 Å². The van der Waals surface area contributed by atoms with Crippen molar-refractivity contribution in [1.82, 2.24) is 0 Å². The largest absolute Gasteiger partial charge is 0.392 e. The van der Waals surface area contributed by atoms with E-state index in [9.17, 15) is 26.3 Å². The quantitative estimate of drug-likeness (QED) is 0.454. The Kier molecular flexibility index (Phi) is 7.27. The first kappa shape index (κ1) is 20.6. The van der Waals surface area contributed by atoms with Crippen LogP contribution < -0.4 is 0 Å². The third-order valence-electron chi connectivity index (χ3n) is 5.77. The van der Waals surface area contributed by atoms with Gasteiger partial charge in [0.25, 0.3) is 0 Å². The van der Waals surface area contributed by atoms with Crippen LogP contribution in [0.15, 0.2) is 0 Å². The van der Waals surface area contributed by atoms with Gasteiger partial charge in [-0.3, -0.25) is 0 Å². The van der Waals surface area contributed by atoms with Crippen molar-refractivity contribution in [1.29, 1.82) is 0 Å². The van der Waals surface area contributed by atoms with Gasteiger partial charge in [0, 0.05) is 0 Å². The molecule has 0 aromatic heterocycles. The van der Waals surface area contributed by atoms with Crippen LogP contribution in [-0.2, 0) is 0 Å². The van der Waals surface area contributed by atoms with Gasteiger partial charge in [0.1, 0.15) is 0 Å². The average molecular weight is 346 g/mol. The van der Waals surface area contributed by atoms with Gasteiger partial charge in [0.15, 0.2) is 0 Å². The lowest BCUT2D eigenvalue weighted by Crippen LogP contribution is -2.38. The summed E-state index contributed by atoms with van der Waals surface area (Å²) in [4.78, 5) is 0. The maximum Gasteiger partial charge on any atom is 0.392 e. The summed E-state index contributed by atoms with van der Waals surface area (Å²) < 4.78 is 79.0. The van der Waals surface area contributed by atoms with Gasteiger partial charge >= 0.3 is 12.4 Å². The lowest BCUT2D eigenvalue weighted by Gasteiger charge is -2.38. The Morgan fingerprint density at radius 3 is 1.78 bits per heavy atom. The van der Waals surface area contributed by atoms with E-state index in [2.05, 4.69) is 0 Å². The summed E-state index contributed by atoms with van der Waals surface area (Å²) in [6.45, 7) is 4.58. The molecule has 0 bridgehead atoms. The predicted octanol–water partition coefficient (Wildman–Crippen LogP) is 7.00. The molecule has 0 aromatic rings. The van der Waals surface area contributed by atoms with E-state index in [0.29, 0.717) is 0 Å². The Bertz CT molecular complexity index is 340. The molecular weight excluding hydrogens is 318 g/mol. The van der Waals surface area contributed by atoms with Crippen molar-refractivity contribution in [3.05, 3.63) is 0 Å². The van der Waals surface area contributed by atoms with Crippen LogP contribution in [0, 0.1) is 29.6 Å². The summed E-state index contributed by atoms with van der Waals surface area (Å²) in [5.41, 5.74) is 0. The van der Waals surface area contributed by atoms with Crippen LogP contribution in [0.2, 0.25) is 0 Å². The first-order chi connectivity index (χ1) is 10.5. The summed E-state index contributed by atoms with van der Waals surface area (Å²) in [5, 5.41) is 0. The summed E-state index contributed by atoms with van der Waals surface area (Å²) in [7, 11) is 0. The van der Waals surface area contributed by atoms with Gasteiger partial charge < -0.3 is 0 Å². The van der Waals surface area contributed by atoms with Crippen LogP contribution in [0.5, 0.6) is 0 Å². The van der Waals surface area contributed by atoms with E-state index >= 15 is 0 Å². The van der Waals surface area contributed by atoms with Gasteiger partial charge in [-0.15, -0.1) is 0 Å². The lowest BCUT2D eigenvalue weighted by atomic mass is 9.69. The summed E-state index contributed by atoms with van der Waals surface area (Å²) in [5.74, 6) is -4.54. The highest BCUT2D eigenvalue weighted by molar-refractivity contribution is 4.85. The fourth-order valence-corrected chi connectivity index (χ4v) is 3.94. The molecule has 1 aliphatic carbocycles. The Balaban J connectivity index is 2.88. The van der Waals surface area contributed by atoms with Crippen LogP contribution in [0.3, 0.4) is 0 Å². The second-order valence-electron chi connectivity index (χ2n) is 7.15. The fourth-order valence-electron chi connectivity index (χ4n) is 3.94. The van der Waals surface area contributed by atoms with E-state index in [1.165, 1.54) is 13.8 Å². The van der Waals surface area contributed by atoms with E-state index < -0.39 is 36.5 Å². The molecule has 4 unspecified atom stereocenters. The Morgan fingerprint density at radius 1 is 0.870 bits per heavy atom. The summed E-state index contributed by atoms with van der Waals surface area (Å²) in [6, 6.07) is 0. The molecule has 4 atom stereocenters. The number of hydrogen-bond donors (Lipinski definition) is 0. The average Bonchev–Trinajstić information content (AvgIpc) is 2.45. The zero-order chi connectivity index (χ0) is 17.8. The normalized spacial score (nSPS) is 23.3. The summed E-state index contributed by atoms with van der Waals surface area (Å²) >= 11 is 0. The first-order valence-corrected chi connectivity index (χ1v) is 8.61. The molecule has 23 heavy (non-hydrogen) atoms. The lowest BCUT2D eigenvalue weighted by molar-refractivity contribution is -0.223. The van der Waals surface area contributed by atoms with Crippen LogP contribution in [0.1, 0.15) is 65.7 Å². The van der Waals surface area contributed by atoms with Crippen LogP contribution in [0.25, 0.3) is 0 Å². The van der Waals surface area contributed by atoms with Crippen LogP contribution in [0.4, 0.5) is 26.3 Å². The minimum Gasteiger partial charge on any atom is -0.171 e. The van der Waals surface area contributed by atoms with Crippen LogP contribution >= 0.6 is 0 Å². The SMILES string of the molecule is CCC(CC(C(C)C(C)C1CCCCC1)C(F)(F)F)C(F)(F)F. The topological polar surface area (TPSA) is 0 Å². The van der Waals surface area contributed by atoms with Crippen molar-refractivity contribution < 1.29 is 26.3 Å². The molecule has 0 aliphatic heterocycles. The van der Waals surface area contributed by atoms with Crippen molar-refractivity contribution in [3.8, 4) is 0 Å². The Hall–Kier alpha value is -0.420. The predicted molar refractivity (Wildman–Crippen MR) is 78.9 cm³/mol. The highest BCUT2D eigenvalue weighted by Crippen LogP contribution is 2.46. The molecule has 0 saturated heterocycles. The Labute approximate surface area is 135 Å². The number of hydrogen-bond acceptors (Lipinski definition) is 0. The van der Waals surface area contributed by atoms with Crippen molar-refractivity contribution >= 4 is 0 Å². The highest BCUT2D eigenvalue weighted by Gasteiger charge is 2.50. The standard InChI is InChI=1S/C17H28F6/c1-4-14(16(18,19)20)10-15(17(21,22)23)12(3)11(2)13-8-6-5-7-9-13/h11-15H,4-10H2,1-3H3. The zero-order valence-corrected chi connectivity index (χ0v) is 14.1. The van der Waals surface area contributed by atoms with Crippen molar-refractivity contribution in [2.45, 2.75) is 78.1 Å². The molecule has 0 radical (unpaired) electrons. The third kappa shape index (κ3) is 5.86. The van der Waals surface area contributed by atoms with E-state index in [4.69, 9.17) is 0 Å². The minimum absolute atomic E-state index is 0.201. The van der Waals surface area contributed by atoms with Crippen molar-refractivity contribution in [3.63, 3.8) is 0 Å². The van der Waals surface area contributed by atoms with Gasteiger partial charge in [-0.05, 0) is 30.6 Å². The highest BCUT2D eigenvalue weighted by atomic mass is 19.4. The van der Waals surface area contributed by atoms with E-state index in [-0.39, 0.29) is 18.3 Å². The van der Waals surface area contributed by atoms with Gasteiger partial charge in [-0.2, -0.15) is 26.3 Å². The Morgan fingerprint density at radius 2 is 1.39 bits per heavy atom. The summed E-state index contributed by atoms with van der Waals surface area (Å²) in [6.07, 6.45) is -5.38. The molecule has 138 valence electrons. The molecule has 6 heteroatoms. The molecule has 1 fully saturated rings. The molecule has 0 spiro atoms. The van der Waals surface area contributed by atoms with Gasteiger partial charge in [0.05, 0.1) is 11.8 Å². The second kappa shape index (κ2) is 8.11. The number of halogens is 6. The molecule has 1 rings (SSSR count). The van der Waals surface area contributed by atoms with Gasteiger partial charge in [0.2, 0.25) is 0 Å². The van der Waals surface area contributed by atoms with E-state index in [1.54, 1.807) is 6.92 Å². The third-order valence-corrected chi connectivity index (χ3v) is 5.77. The van der Waals surface area contributed by atoms with Crippen LogP contribution in [-0.4, -0.2) is 12.4 Å². The van der Waals surface area contributed by atoms with Crippen molar-refractivity contribution in [2.24, 2.45) is 29.6 Å². The van der Waals surface area contributed by atoms with E-state index in [0.717, 1.165) is 32.1 Å². The second-order valence-corrected chi connectivity index (χ2v) is 7.15. The molecule has 0 heterocycles. The van der Waals surface area contributed by atoms with Crippen molar-refractivity contribution in [2.75, 3.05) is 0 Å². The molecule has 0 N–H and O–H groups in total. The number of alkyl halides is 6. The smallest absolute Gasteiger partial charge is 0.171 e. The molecule has 0 nitrogen and oxygen atoms in total. The maximum absolute atomic E-state index is 13.4. The first-order valence-electron chi connectivity index (χ1n) is 8.61.